The van der Waals surface area contributed by atoms with E-state index in [1.54, 1.807) is 36.4 Å². The van der Waals surface area contributed by atoms with Gasteiger partial charge in [0.05, 0.1) is 0 Å². The van der Waals surface area contributed by atoms with Gasteiger partial charge in [0.1, 0.15) is 17.9 Å². The number of halogens is 3. The van der Waals surface area contributed by atoms with Crippen LogP contribution in [-0.2, 0) is 0 Å². The molecule has 0 fully saturated rings. The summed E-state index contributed by atoms with van der Waals surface area (Å²) in [6.45, 7) is 0. The van der Waals surface area contributed by atoms with Crippen LogP contribution in [0.3, 0.4) is 0 Å². The number of carbonyl (C=O) groups excluding carboxylic acids is 2. The fourth-order valence-electron chi connectivity index (χ4n) is 2.53. The van der Waals surface area contributed by atoms with Gasteiger partial charge in [0.15, 0.2) is 0 Å². The van der Waals surface area contributed by atoms with E-state index in [0.29, 0.717) is 39.8 Å². The number of rotatable bonds is 4. The van der Waals surface area contributed by atoms with Crippen LogP contribution >= 0.6 is 11.6 Å². The predicted octanol–water partition coefficient (Wildman–Crippen LogP) is 5.35. The van der Waals surface area contributed by atoms with Crippen molar-refractivity contribution in [2.45, 2.75) is 0 Å². The molecule has 0 saturated carbocycles. The van der Waals surface area contributed by atoms with Gasteiger partial charge in [-0.05, 0) is 24.3 Å². The van der Waals surface area contributed by atoms with Crippen LogP contribution in [0.2, 0.25) is 5.02 Å². The van der Waals surface area contributed by atoms with Gasteiger partial charge < -0.3 is 5.32 Å². The Kier molecular flexibility index (Phi) is 5.09. The second-order valence-electron chi connectivity index (χ2n) is 5.51. The van der Waals surface area contributed by atoms with E-state index >= 15 is 0 Å². The highest BCUT2D eigenvalue weighted by atomic mass is 35.5. The Morgan fingerprint density at radius 3 is 2.27 bits per heavy atom. The summed E-state index contributed by atoms with van der Waals surface area (Å²) >= 11 is 6.22. The van der Waals surface area contributed by atoms with E-state index in [1.165, 1.54) is 6.07 Å². The lowest BCUT2D eigenvalue weighted by Gasteiger charge is -2.13. The molecule has 1 amide bonds. The lowest BCUT2D eigenvalue weighted by Crippen LogP contribution is -2.13. The summed E-state index contributed by atoms with van der Waals surface area (Å²) in [5.41, 5.74) is 1.68. The molecule has 0 aliphatic rings. The van der Waals surface area contributed by atoms with E-state index < -0.39 is 17.5 Å². The van der Waals surface area contributed by atoms with Gasteiger partial charge in [-0.15, -0.1) is 0 Å². The number of aldehydes is 1. The molecule has 130 valence electrons. The van der Waals surface area contributed by atoms with Crippen molar-refractivity contribution in [3.8, 4) is 11.1 Å². The molecule has 0 unspecified atom stereocenters. The highest BCUT2D eigenvalue weighted by Crippen LogP contribution is 2.34. The third-order valence-electron chi connectivity index (χ3n) is 3.72. The molecule has 6 heteroatoms. The summed E-state index contributed by atoms with van der Waals surface area (Å²) in [5, 5.41) is 3.05. The minimum absolute atomic E-state index is 0.177. The average Bonchev–Trinajstić information content (AvgIpc) is 2.61. The van der Waals surface area contributed by atoms with Gasteiger partial charge in [-0.1, -0.05) is 41.9 Å². The number of amides is 1. The Hall–Kier alpha value is -3.05. The number of benzene rings is 3. The van der Waals surface area contributed by atoms with E-state index in [0.717, 1.165) is 12.1 Å². The fourth-order valence-corrected chi connectivity index (χ4v) is 2.77. The topological polar surface area (TPSA) is 46.2 Å². The molecule has 0 atom stereocenters. The van der Waals surface area contributed by atoms with Crippen molar-refractivity contribution in [1.82, 2.24) is 0 Å². The van der Waals surface area contributed by atoms with Gasteiger partial charge in [-0.25, -0.2) is 8.78 Å². The van der Waals surface area contributed by atoms with E-state index in [9.17, 15) is 18.4 Å². The molecule has 0 bridgehead atoms. The molecule has 0 aliphatic carbocycles. The zero-order valence-corrected chi connectivity index (χ0v) is 14.1. The number of hydrogen-bond acceptors (Lipinski definition) is 2. The molecule has 3 aromatic carbocycles. The van der Waals surface area contributed by atoms with Crippen molar-refractivity contribution >= 4 is 29.5 Å². The molecular formula is C20H12ClF2NO2. The Balaban J connectivity index is 2.04. The highest BCUT2D eigenvalue weighted by Gasteiger charge is 2.14. The fraction of sp³-hybridized carbons (Fsp3) is 0. The van der Waals surface area contributed by atoms with Crippen LogP contribution in [0.1, 0.15) is 20.7 Å². The van der Waals surface area contributed by atoms with Crippen LogP contribution in [0.5, 0.6) is 0 Å². The second-order valence-corrected chi connectivity index (χ2v) is 5.92. The van der Waals surface area contributed by atoms with Crippen LogP contribution in [0.15, 0.2) is 60.7 Å². The lowest BCUT2D eigenvalue weighted by molar-refractivity contribution is 0.102. The molecule has 0 radical (unpaired) electrons. The monoisotopic (exact) mass is 371 g/mol. The SMILES string of the molecule is O=Cc1ccc(-c2ccccc2Cl)c(NC(=O)c2cc(F)cc(F)c2)c1. The van der Waals surface area contributed by atoms with Crippen LogP contribution in [0.25, 0.3) is 11.1 Å². The zero-order chi connectivity index (χ0) is 18.7. The summed E-state index contributed by atoms with van der Waals surface area (Å²) in [7, 11) is 0. The quantitative estimate of drug-likeness (QED) is 0.628. The molecule has 1 N–H and O–H groups in total. The van der Waals surface area contributed by atoms with Crippen LogP contribution in [-0.4, -0.2) is 12.2 Å². The summed E-state index contributed by atoms with van der Waals surface area (Å²) in [5.74, 6) is -2.43. The van der Waals surface area contributed by atoms with Gasteiger partial charge in [-0.2, -0.15) is 0 Å². The average molecular weight is 372 g/mol. The third-order valence-corrected chi connectivity index (χ3v) is 4.05. The third kappa shape index (κ3) is 3.78. The molecule has 26 heavy (non-hydrogen) atoms. The van der Waals surface area contributed by atoms with Gasteiger partial charge >= 0.3 is 0 Å². The number of anilines is 1. The van der Waals surface area contributed by atoms with Gasteiger partial charge in [0.25, 0.3) is 5.91 Å². The highest BCUT2D eigenvalue weighted by molar-refractivity contribution is 6.33. The maximum absolute atomic E-state index is 13.4. The van der Waals surface area contributed by atoms with Crippen molar-refractivity contribution in [3.05, 3.63) is 88.4 Å². The van der Waals surface area contributed by atoms with Crippen molar-refractivity contribution in [1.29, 1.82) is 0 Å². The number of nitrogens with one attached hydrogen (secondary N) is 1. The second kappa shape index (κ2) is 7.45. The smallest absolute Gasteiger partial charge is 0.255 e. The number of carbonyl (C=O) groups is 2. The molecule has 3 aromatic rings. The van der Waals surface area contributed by atoms with Gasteiger partial charge in [0, 0.05) is 39.0 Å². The molecule has 0 aromatic heterocycles. The van der Waals surface area contributed by atoms with Gasteiger partial charge in [0.2, 0.25) is 0 Å². The maximum atomic E-state index is 13.4. The van der Waals surface area contributed by atoms with Crippen LogP contribution < -0.4 is 5.32 Å². The van der Waals surface area contributed by atoms with E-state index in [4.69, 9.17) is 11.6 Å². The van der Waals surface area contributed by atoms with E-state index in [2.05, 4.69) is 5.32 Å². The summed E-state index contributed by atoms with van der Waals surface area (Å²) in [4.78, 5) is 23.5. The molecule has 0 aliphatic heterocycles. The molecule has 0 saturated heterocycles. The molecule has 3 nitrogen and oxygen atoms in total. The first-order chi connectivity index (χ1) is 12.5. The van der Waals surface area contributed by atoms with Crippen molar-refractivity contribution in [2.75, 3.05) is 5.32 Å². The number of hydrogen-bond donors (Lipinski definition) is 1. The van der Waals surface area contributed by atoms with E-state index in [-0.39, 0.29) is 5.56 Å². The molecule has 0 spiro atoms. The standard InChI is InChI=1S/C20H12ClF2NO2/c21-18-4-2-1-3-16(18)17-6-5-12(11-25)7-19(17)24-20(26)13-8-14(22)10-15(23)9-13/h1-11H,(H,24,26). The Morgan fingerprint density at radius 2 is 1.62 bits per heavy atom. The molecular weight excluding hydrogens is 360 g/mol. The minimum atomic E-state index is -0.858. The summed E-state index contributed by atoms with van der Waals surface area (Å²) in [6, 6.07) is 14.2. The first-order valence-electron chi connectivity index (χ1n) is 7.59. The molecule has 3 rings (SSSR count). The largest absolute Gasteiger partial charge is 0.321 e. The van der Waals surface area contributed by atoms with Crippen molar-refractivity contribution < 1.29 is 18.4 Å². The van der Waals surface area contributed by atoms with E-state index in [1.807, 2.05) is 0 Å². The van der Waals surface area contributed by atoms with Crippen LogP contribution in [0.4, 0.5) is 14.5 Å². The van der Waals surface area contributed by atoms with Crippen LogP contribution in [0, 0.1) is 11.6 Å². The van der Waals surface area contributed by atoms with Crippen molar-refractivity contribution in [3.63, 3.8) is 0 Å². The van der Waals surface area contributed by atoms with Crippen molar-refractivity contribution in [2.24, 2.45) is 0 Å². The Labute approximate surface area is 153 Å². The lowest BCUT2D eigenvalue weighted by atomic mass is 10.0. The minimum Gasteiger partial charge on any atom is -0.321 e. The maximum Gasteiger partial charge on any atom is 0.255 e. The Morgan fingerprint density at radius 1 is 0.923 bits per heavy atom. The first-order valence-corrected chi connectivity index (χ1v) is 7.97. The Bertz CT molecular complexity index is 985. The molecule has 0 heterocycles. The zero-order valence-electron chi connectivity index (χ0n) is 13.3. The predicted molar refractivity (Wildman–Crippen MR) is 96.6 cm³/mol. The first kappa shape index (κ1) is 17.8. The summed E-state index contributed by atoms with van der Waals surface area (Å²) in [6.07, 6.45) is 0.633. The normalized spacial score (nSPS) is 10.4. The summed E-state index contributed by atoms with van der Waals surface area (Å²) < 4.78 is 26.7. The van der Waals surface area contributed by atoms with Gasteiger partial charge in [-0.3, -0.25) is 9.59 Å².